The summed E-state index contributed by atoms with van der Waals surface area (Å²) < 4.78 is 0. The van der Waals surface area contributed by atoms with Gasteiger partial charge in [0.1, 0.15) is 0 Å². The third-order valence-electron chi connectivity index (χ3n) is 3.21. The molecule has 2 aromatic carbocycles. The maximum Gasteiger partial charge on any atom is 0.240 e. The molecule has 0 heterocycles. The van der Waals surface area contributed by atoms with Gasteiger partial charge in [0.05, 0.1) is 6.21 Å². The number of rotatable bonds is 7. The summed E-state index contributed by atoms with van der Waals surface area (Å²) in [4.78, 5) is 24.7. The molecule has 0 saturated carbocycles. The minimum Gasteiger partial charge on any atom is -0.326 e. The van der Waals surface area contributed by atoms with Crippen LogP contribution in [0.1, 0.15) is 18.4 Å². The van der Waals surface area contributed by atoms with E-state index >= 15 is 0 Å². The summed E-state index contributed by atoms with van der Waals surface area (Å²) in [5.74, 6) is -0.577. The molecule has 0 aromatic heterocycles. The van der Waals surface area contributed by atoms with Crippen LogP contribution in [-0.2, 0) is 9.59 Å². The Morgan fingerprint density at radius 2 is 1.84 bits per heavy atom. The molecule has 0 saturated heterocycles. The average molecular weight is 376 g/mol. The van der Waals surface area contributed by atoms with E-state index in [9.17, 15) is 9.59 Å². The highest BCUT2D eigenvalue weighted by molar-refractivity contribution is 7.98. The minimum atomic E-state index is -0.321. The van der Waals surface area contributed by atoms with Gasteiger partial charge in [-0.05, 0) is 42.2 Å². The molecule has 2 aromatic rings. The molecule has 0 aliphatic carbocycles. The molecule has 0 unspecified atom stereocenters. The predicted octanol–water partition coefficient (Wildman–Crippen LogP) is 3.93. The van der Waals surface area contributed by atoms with Gasteiger partial charge in [-0.15, -0.1) is 11.8 Å². The first-order valence-corrected chi connectivity index (χ1v) is 9.18. The van der Waals surface area contributed by atoms with Crippen molar-refractivity contribution >= 4 is 47.1 Å². The van der Waals surface area contributed by atoms with Crippen LogP contribution in [0.3, 0.4) is 0 Å². The van der Waals surface area contributed by atoms with Crippen molar-refractivity contribution < 1.29 is 9.59 Å². The van der Waals surface area contributed by atoms with Crippen LogP contribution in [0, 0.1) is 0 Å². The van der Waals surface area contributed by atoms with Crippen LogP contribution in [0.5, 0.6) is 0 Å². The number of carbonyl (C=O) groups is 2. The molecule has 2 rings (SSSR count). The number of amides is 2. The Kier molecular flexibility index (Phi) is 7.50. The van der Waals surface area contributed by atoms with Gasteiger partial charge in [-0.25, -0.2) is 5.43 Å². The number of nitrogens with zero attached hydrogens (tertiary/aromatic N) is 1. The predicted molar refractivity (Wildman–Crippen MR) is 103 cm³/mol. The first kappa shape index (κ1) is 19.0. The molecule has 0 aliphatic heterocycles. The lowest BCUT2D eigenvalue weighted by Gasteiger charge is -2.05. The van der Waals surface area contributed by atoms with Crippen molar-refractivity contribution in [3.8, 4) is 0 Å². The maximum atomic E-state index is 11.8. The molecule has 0 atom stereocenters. The van der Waals surface area contributed by atoms with Crippen LogP contribution in [0.25, 0.3) is 0 Å². The average Bonchev–Trinajstić information content (AvgIpc) is 2.60. The largest absolute Gasteiger partial charge is 0.326 e. The lowest BCUT2D eigenvalue weighted by Crippen LogP contribution is -2.20. The zero-order valence-corrected chi connectivity index (χ0v) is 15.2. The Morgan fingerprint density at radius 3 is 2.52 bits per heavy atom. The highest BCUT2D eigenvalue weighted by atomic mass is 35.5. The van der Waals surface area contributed by atoms with Crippen LogP contribution < -0.4 is 10.7 Å². The van der Waals surface area contributed by atoms with Gasteiger partial charge in [0.15, 0.2) is 0 Å². The lowest BCUT2D eigenvalue weighted by atomic mass is 10.2. The number of hydrogen-bond donors (Lipinski definition) is 2. The van der Waals surface area contributed by atoms with Crippen molar-refractivity contribution in [3.63, 3.8) is 0 Å². The maximum absolute atomic E-state index is 11.8. The summed E-state index contributed by atoms with van der Waals surface area (Å²) in [6.45, 7) is 0. The number of nitrogens with one attached hydrogen (secondary N) is 2. The second-order valence-electron chi connectivity index (χ2n) is 5.12. The van der Waals surface area contributed by atoms with Crippen molar-refractivity contribution in [3.05, 3.63) is 59.1 Å². The number of anilines is 1. The Morgan fingerprint density at radius 1 is 1.12 bits per heavy atom. The molecule has 130 valence electrons. The molecule has 7 heteroatoms. The number of thioether (sulfide) groups is 1. The summed E-state index contributed by atoms with van der Waals surface area (Å²) in [5, 5.41) is 7.11. The monoisotopic (exact) mass is 375 g/mol. The lowest BCUT2D eigenvalue weighted by molar-refractivity contribution is -0.124. The highest BCUT2D eigenvalue weighted by Gasteiger charge is 2.07. The molecular formula is C18H18ClN3O2S. The van der Waals surface area contributed by atoms with Crippen molar-refractivity contribution in [2.75, 3.05) is 11.6 Å². The van der Waals surface area contributed by atoms with Crippen molar-refractivity contribution in [2.24, 2.45) is 5.10 Å². The number of benzene rings is 2. The van der Waals surface area contributed by atoms with E-state index < -0.39 is 0 Å². The summed E-state index contributed by atoms with van der Waals surface area (Å²) >= 11 is 7.51. The molecule has 0 spiro atoms. The fourth-order valence-electron chi connectivity index (χ4n) is 1.94. The van der Waals surface area contributed by atoms with Crippen LogP contribution in [0.2, 0.25) is 5.02 Å². The van der Waals surface area contributed by atoms with Gasteiger partial charge in [-0.2, -0.15) is 5.10 Å². The quantitative estimate of drug-likeness (QED) is 0.437. The third kappa shape index (κ3) is 6.99. The van der Waals surface area contributed by atoms with E-state index in [4.69, 9.17) is 11.6 Å². The Labute approximate surface area is 155 Å². The first-order chi connectivity index (χ1) is 12.1. The fourth-order valence-corrected chi connectivity index (χ4v) is 2.54. The number of hydrazone groups is 1. The standard InChI is InChI=1S/C18H18ClN3O2S/c1-25-16-7-5-13(6-8-16)12-20-22-18(24)10-9-17(23)21-15-4-2-3-14(19)11-15/h2-8,11-12H,9-10H2,1H3,(H,21,23)(H,22,24). The second kappa shape index (κ2) is 9.86. The van der Waals surface area contributed by atoms with Crippen LogP contribution in [0.15, 0.2) is 58.5 Å². The van der Waals surface area contributed by atoms with E-state index in [1.54, 1.807) is 42.2 Å². The summed E-state index contributed by atoms with van der Waals surface area (Å²) in [6, 6.07) is 14.6. The van der Waals surface area contributed by atoms with Gasteiger partial charge in [0, 0.05) is 28.4 Å². The molecule has 5 nitrogen and oxygen atoms in total. The zero-order valence-electron chi connectivity index (χ0n) is 13.7. The smallest absolute Gasteiger partial charge is 0.240 e. The zero-order chi connectivity index (χ0) is 18.1. The topological polar surface area (TPSA) is 70.6 Å². The van der Waals surface area contributed by atoms with Gasteiger partial charge in [-0.1, -0.05) is 29.8 Å². The van der Waals surface area contributed by atoms with Crippen LogP contribution in [0.4, 0.5) is 5.69 Å². The summed E-state index contributed by atoms with van der Waals surface area (Å²) in [7, 11) is 0. The van der Waals surface area contributed by atoms with Gasteiger partial charge in [0.2, 0.25) is 11.8 Å². The number of hydrogen-bond acceptors (Lipinski definition) is 4. The molecule has 2 amide bonds. The van der Waals surface area contributed by atoms with Gasteiger partial charge >= 0.3 is 0 Å². The fraction of sp³-hybridized carbons (Fsp3) is 0.167. The SMILES string of the molecule is CSc1ccc(C=NNC(=O)CCC(=O)Nc2cccc(Cl)c2)cc1. The van der Waals surface area contributed by atoms with Crippen molar-refractivity contribution in [1.29, 1.82) is 0 Å². The molecule has 25 heavy (non-hydrogen) atoms. The summed E-state index contributed by atoms with van der Waals surface area (Å²) in [6.07, 6.45) is 3.69. The van der Waals surface area contributed by atoms with E-state index in [0.29, 0.717) is 10.7 Å². The summed E-state index contributed by atoms with van der Waals surface area (Å²) in [5.41, 5.74) is 3.90. The second-order valence-corrected chi connectivity index (χ2v) is 6.44. The van der Waals surface area contributed by atoms with Gasteiger partial charge in [0.25, 0.3) is 0 Å². The number of carbonyl (C=O) groups excluding carboxylic acids is 2. The Bertz CT molecular complexity index is 763. The normalized spacial score (nSPS) is 10.6. The van der Waals surface area contributed by atoms with E-state index in [1.807, 2.05) is 30.5 Å². The molecule has 2 N–H and O–H groups in total. The molecule has 0 radical (unpaired) electrons. The van der Waals surface area contributed by atoms with E-state index in [2.05, 4.69) is 15.8 Å². The first-order valence-electron chi connectivity index (χ1n) is 7.58. The molecule has 0 fully saturated rings. The van der Waals surface area contributed by atoms with Gasteiger partial charge < -0.3 is 5.32 Å². The van der Waals surface area contributed by atoms with Gasteiger partial charge in [-0.3, -0.25) is 9.59 Å². The number of halogens is 1. The molecule has 0 aliphatic rings. The third-order valence-corrected chi connectivity index (χ3v) is 4.18. The van der Waals surface area contributed by atoms with Crippen LogP contribution >= 0.6 is 23.4 Å². The Hall–Kier alpha value is -2.31. The van der Waals surface area contributed by atoms with Crippen molar-refractivity contribution in [1.82, 2.24) is 5.43 Å². The van der Waals surface area contributed by atoms with Crippen molar-refractivity contribution in [2.45, 2.75) is 17.7 Å². The molecular weight excluding hydrogens is 358 g/mol. The van der Waals surface area contributed by atoms with E-state index in [-0.39, 0.29) is 24.7 Å². The van der Waals surface area contributed by atoms with E-state index in [0.717, 1.165) is 10.5 Å². The molecule has 0 bridgehead atoms. The minimum absolute atomic E-state index is 0.0507. The highest BCUT2D eigenvalue weighted by Crippen LogP contribution is 2.15. The van der Waals surface area contributed by atoms with Crippen LogP contribution in [-0.4, -0.2) is 24.3 Å². The Balaban J connectivity index is 1.72. The van der Waals surface area contributed by atoms with E-state index in [1.165, 1.54) is 0 Å².